The summed E-state index contributed by atoms with van der Waals surface area (Å²) in [4.78, 5) is 25.4. The predicted octanol–water partition coefficient (Wildman–Crippen LogP) is -0.170. The number of aromatic nitrogens is 2. The van der Waals surface area contributed by atoms with Crippen LogP contribution in [0.2, 0.25) is 0 Å². The average molecular weight is 473 g/mol. The fourth-order valence-corrected chi connectivity index (χ4v) is 5.88. The van der Waals surface area contributed by atoms with Gasteiger partial charge in [-0.05, 0) is 12.2 Å². The van der Waals surface area contributed by atoms with E-state index in [4.69, 9.17) is 9.47 Å². The Balaban J connectivity index is 1.87. The van der Waals surface area contributed by atoms with E-state index in [1.807, 2.05) is 0 Å². The Morgan fingerprint density at radius 2 is 1.77 bits per heavy atom. The number of aliphatic imine (C=N–C) groups is 1. The molecule has 0 fully saturated rings. The number of rotatable bonds is 6. The van der Waals surface area contributed by atoms with Crippen LogP contribution in [0.1, 0.15) is 6.92 Å². The minimum absolute atomic E-state index is 0.0670. The molecule has 31 heavy (non-hydrogen) atoms. The number of hydrogen-bond donors (Lipinski definition) is 2. The molecule has 0 aliphatic carbocycles. The zero-order valence-corrected chi connectivity index (χ0v) is 18.3. The lowest BCUT2D eigenvalue weighted by atomic mass is 10.3. The smallest absolute Gasteiger partial charge is 0.335 e. The Labute approximate surface area is 178 Å². The molecule has 3 rings (SSSR count). The van der Waals surface area contributed by atoms with Gasteiger partial charge in [-0.1, -0.05) is 13.0 Å². The number of amides is 2. The lowest BCUT2D eigenvalue weighted by Gasteiger charge is -2.28. The number of nitrogens with zero attached hydrogens (tertiary/aromatic N) is 4. The van der Waals surface area contributed by atoms with Crippen molar-refractivity contribution in [3.8, 4) is 11.8 Å². The Morgan fingerprint density at radius 1 is 1.13 bits per heavy atom. The third-order valence-electron chi connectivity index (χ3n) is 4.25. The Bertz CT molecular complexity index is 1150. The summed E-state index contributed by atoms with van der Waals surface area (Å²) in [5.74, 6) is -0.506. The van der Waals surface area contributed by atoms with Gasteiger partial charge in [-0.3, -0.25) is 5.32 Å². The summed E-state index contributed by atoms with van der Waals surface area (Å²) in [6.07, 6.45) is 5.26. The summed E-state index contributed by atoms with van der Waals surface area (Å²) < 4.78 is 62.7. The second kappa shape index (κ2) is 8.50. The highest BCUT2D eigenvalue weighted by atomic mass is 32.2. The molecule has 168 valence electrons. The molecule has 2 aliphatic rings. The van der Waals surface area contributed by atoms with E-state index in [0.29, 0.717) is 0 Å². The highest BCUT2D eigenvalue weighted by molar-refractivity contribution is 8.08. The van der Waals surface area contributed by atoms with Gasteiger partial charge < -0.3 is 14.4 Å². The van der Waals surface area contributed by atoms with E-state index in [0.717, 1.165) is 0 Å². The van der Waals surface area contributed by atoms with Gasteiger partial charge in [0.25, 0.3) is 10.0 Å². The number of methoxy groups -OCH3 is 2. The van der Waals surface area contributed by atoms with Gasteiger partial charge >= 0.3 is 6.03 Å². The van der Waals surface area contributed by atoms with Crippen LogP contribution in [0, 0.1) is 0 Å². The van der Waals surface area contributed by atoms with E-state index in [2.05, 4.69) is 20.3 Å². The maximum Gasteiger partial charge on any atom is 0.335 e. The van der Waals surface area contributed by atoms with Crippen LogP contribution in [0.3, 0.4) is 0 Å². The Kier molecular flexibility index (Phi) is 6.17. The minimum atomic E-state index is -4.57. The van der Waals surface area contributed by atoms with Crippen molar-refractivity contribution in [2.45, 2.75) is 18.5 Å². The van der Waals surface area contributed by atoms with Crippen LogP contribution in [0.5, 0.6) is 11.8 Å². The number of sulfonamides is 1. The molecule has 2 aliphatic heterocycles. The molecule has 2 atom stereocenters. The summed E-state index contributed by atoms with van der Waals surface area (Å²) in [5.41, 5.74) is 0. The number of urea groups is 1. The average Bonchev–Trinajstić information content (AvgIpc) is 3.14. The van der Waals surface area contributed by atoms with Crippen LogP contribution in [0.25, 0.3) is 0 Å². The fraction of sp³-hybridized carbons (Fsp3) is 0.375. The molecule has 0 aromatic carbocycles. The standard InChI is InChI=1S/C16H20N6O7S2/c1-4-30(24,25)13-14(22-8-6-5-7-10(22)17-13)31(26,27)21-16(23)20-15-18-11(28-2)9-12(19-15)29-3/h5-10,14H,4H2,1-3H3,(H2,18,19,20,21,23). The number of ether oxygens (including phenoxy) is 2. The first-order valence-electron chi connectivity index (χ1n) is 8.84. The number of fused-ring (bicyclic) bond motifs is 1. The molecule has 2 N–H and O–H groups in total. The summed E-state index contributed by atoms with van der Waals surface area (Å²) in [6.45, 7) is 1.37. The molecule has 0 bridgehead atoms. The van der Waals surface area contributed by atoms with Gasteiger partial charge in [0, 0.05) is 6.20 Å². The second-order valence-electron chi connectivity index (χ2n) is 6.19. The zero-order valence-electron chi connectivity index (χ0n) is 16.7. The molecule has 0 spiro atoms. The lowest BCUT2D eigenvalue weighted by molar-refractivity contribution is 0.256. The molecular formula is C16H20N6O7S2. The molecule has 0 saturated heterocycles. The molecule has 1 aromatic rings. The monoisotopic (exact) mass is 472 g/mol. The third-order valence-corrected chi connectivity index (χ3v) is 7.65. The molecule has 13 nitrogen and oxygen atoms in total. The second-order valence-corrected chi connectivity index (χ2v) is 10.2. The van der Waals surface area contributed by atoms with Crippen LogP contribution in [0.15, 0.2) is 35.5 Å². The van der Waals surface area contributed by atoms with E-state index >= 15 is 0 Å². The molecular weight excluding hydrogens is 452 g/mol. The topological polar surface area (TPSA) is 169 Å². The first kappa shape index (κ1) is 22.5. The number of anilines is 1. The number of carbonyl (C=O) groups is 1. The Hall–Kier alpha value is -3.20. The van der Waals surface area contributed by atoms with Crippen molar-refractivity contribution < 1.29 is 31.1 Å². The summed E-state index contributed by atoms with van der Waals surface area (Å²) in [5, 5.41) is -0.113. The van der Waals surface area contributed by atoms with Crippen LogP contribution in [-0.4, -0.2) is 74.3 Å². The summed E-state index contributed by atoms with van der Waals surface area (Å²) in [7, 11) is -5.87. The zero-order chi connectivity index (χ0) is 22.8. The van der Waals surface area contributed by atoms with Crippen molar-refractivity contribution in [2.75, 3.05) is 25.3 Å². The summed E-state index contributed by atoms with van der Waals surface area (Å²) in [6, 6.07) is 0.149. The fourth-order valence-electron chi connectivity index (χ4n) is 2.80. The lowest BCUT2D eigenvalue weighted by Crippen LogP contribution is -2.51. The maximum atomic E-state index is 13.0. The SMILES string of the molecule is CCS(=O)(=O)C1=NC2C=CC=CN2C1S(=O)(=O)NC(=O)Nc1nc(OC)cc(OC)n1. The van der Waals surface area contributed by atoms with Crippen LogP contribution in [-0.2, 0) is 19.9 Å². The molecule has 0 radical (unpaired) electrons. The van der Waals surface area contributed by atoms with Gasteiger partial charge in [-0.15, -0.1) is 0 Å². The molecule has 0 saturated carbocycles. The van der Waals surface area contributed by atoms with Gasteiger partial charge in [0.1, 0.15) is 6.17 Å². The van der Waals surface area contributed by atoms with Crippen molar-refractivity contribution in [1.29, 1.82) is 0 Å². The van der Waals surface area contributed by atoms with E-state index in [1.54, 1.807) is 10.8 Å². The Morgan fingerprint density at radius 3 is 2.35 bits per heavy atom. The summed E-state index contributed by atoms with van der Waals surface area (Å²) >= 11 is 0. The quantitative estimate of drug-likeness (QED) is 0.567. The van der Waals surface area contributed by atoms with Crippen LogP contribution >= 0.6 is 0 Å². The number of allylic oxidation sites excluding steroid dienone is 2. The van der Waals surface area contributed by atoms with Crippen LogP contribution < -0.4 is 19.5 Å². The third kappa shape index (κ3) is 4.61. The maximum absolute atomic E-state index is 13.0. The largest absolute Gasteiger partial charge is 0.481 e. The molecule has 2 unspecified atom stereocenters. The van der Waals surface area contributed by atoms with E-state index < -0.39 is 42.5 Å². The first-order valence-corrected chi connectivity index (χ1v) is 12.0. The first-order chi connectivity index (χ1) is 14.6. The number of nitrogens with one attached hydrogen (secondary N) is 2. The van der Waals surface area contributed by atoms with Crippen molar-refractivity contribution in [3.63, 3.8) is 0 Å². The molecule has 3 heterocycles. The van der Waals surface area contributed by atoms with E-state index in [9.17, 15) is 21.6 Å². The van der Waals surface area contributed by atoms with Gasteiger partial charge in [-0.25, -0.2) is 31.3 Å². The molecule has 2 amide bonds. The van der Waals surface area contributed by atoms with Gasteiger partial charge in [0.15, 0.2) is 14.9 Å². The van der Waals surface area contributed by atoms with Crippen molar-refractivity contribution in [3.05, 3.63) is 30.5 Å². The normalized spacial score (nSPS) is 20.1. The van der Waals surface area contributed by atoms with Crippen LogP contribution in [0.4, 0.5) is 10.7 Å². The minimum Gasteiger partial charge on any atom is -0.481 e. The number of sulfone groups is 1. The molecule has 1 aromatic heterocycles. The molecule has 15 heteroatoms. The predicted molar refractivity (Wildman–Crippen MR) is 111 cm³/mol. The highest BCUT2D eigenvalue weighted by Gasteiger charge is 2.48. The van der Waals surface area contributed by atoms with Crippen molar-refractivity contribution in [1.82, 2.24) is 19.6 Å². The highest BCUT2D eigenvalue weighted by Crippen LogP contribution is 2.28. The van der Waals surface area contributed by atoms with Gasteiger partial charge in [0.05, 0.1) is 26.0 Å². The van der Waals surface area contributed by atoms with E-state index in [-0.39, 0.29) is 23.5 Å². The number of hydrogen-bond acceptors (Lipinski definition) is 11. The number of carbonyl (C=O) groups excluding carboxylic acids is 1. The van der Waals surface area contributed by atoms with Crippen molar-refractivity contribution >= 4 is 36.9 Å². The van der Waals surface area contributed by atoms with E-state index in [1.165, 1.54) is 50.5 Å². The van der Waals surface area contributed by atoms with Gasteiger partial charge in [0.2, 0.25) is 23.1 Å². The van der Waals surface area contributed by atoms with Crippen molar-refractivity contribution in [2.24, 2.45) is 4.99 Å². The van der Waals surface area contributed by atoms with Gasteiger partial charge in [-0.2, -0.15) is 9.97 Å².